The Morgan fingerprint density at radius 3 is 2.91 bits per heavy atom. The summed E-state index contributed by atoms with van der Waals surface area (Å²) in [4.78, 5) is 25.4. The number of oxazole rings is 1. The Kier molecular flexibility index (Phi) is 4.03. The Labute approximate surface area is 133 Å². The number of amides is 1. The molecule has 0 spiro atoms. The lowest BCUT2D eigenvalue weighted by molar-refractivity contribution is -0.118. The second kappa shape index (κ2) is 6.13. The zero-order chi connectivity index (χ0) is 16.4. The molecule has 8 heteroatoms. The van der Waals surface area contributed by atoms with Gasteiger partial charge in [0, 0.05) is 11.8 Å². The van der Waals surface area contributed by atoms with E-state index in [1.165, 1.54) is 12.1 Å². The zero-order valence-corrected chi connectivity index (χ0v) is 12.3. The fourth-order valence-corrected chi connectivity index (χ4v) is 2.11. The first-order valence-corrected chi connectivity index (χ1v) is 6.89. The summed E-state index contributed by atoms with van der Waals surface area (Å²) in [5, 5.41) is 2.52. The molecule has 0 unspecified atom stereocenters. The fourth-order valence-electron chi connectivity index (χ4n) is 1.94. The van der Waals surface area contributed by atoms with Crippen molar-refractivity contribution in [1.82, 2.24) is 4.98 Å². The number of carbonyl (C=O) groups is 1. The average molecular weight is 337 g/mol. The van der Waals surface area contributed by atoms with E-state index >= 15 is 0 Å². The van der Waals surface area contributed by atoms with E-state index in [-0.39, 0.29) is 17.4 Å². The van der Waals surface area contributed by atoms with Crippen LogP contribution in [0.4, 0.5) is 10.1 Å². The van der Waals surface area contributed by atoms with Gasteiger partial charge < -0.3 is 14.5 Å². The van der Waals surface area contributed by atoms with Crippen molar-refractivity contribution in [2.45, 2.75) is 0 Å². The van der Waals surface area contributed by atoms with Crippen LogP contribution in [0.3, 0.4) is 0 Å². The third kappa shape index (κ3) is 3.51. The number of benzene rings is 2. The number of carbonyl (C=O) groups excluding carboxylic acids is 1. The van der Waals surface area contributed by atoms with Crippen LogP contribution in [0.15, 0.2) is 45.6 Å². The summed E-state index contributed by atoms with van der Waals surface area (Å²) in [5.74, 6) is -1.28. The number of nitrogens with one attached hydrogen (secondary N) is 2. The molecule has 118 valence electrons. The van der Waals surface area contributed by atoms with Gasteiger partial charge in [-0.1, -0.05) is 11.6 Å². The minimum absolute atomic E-state index is 0.0859. The molecule has 0 radical (unpaired) electrons. The fraction of sp³-hybridized carbons (Fsp3) is 0.0667. The van der Waals surface area contributed by atoms with Gasteiger partial charge in [-0.25, -0.2) is 9.18 Å². The summed E-state index contributed by atoms with van der Waals surface area (Å²) < 4.78 is 23.1. The topological polar surface area (TPSA) is 84.3 Å². The molecule has 1 heterocycles. The second-order valence-corrected chi connectivity index (χ2v) is 5.05. The van der Waals surface area contributed by atoms with Crippen LogP contribution in [0.25, 0.3) is 11.1 Å². The lowest BCUT2D eigenvalue weighted by atomic mass is 10.3. The highest BCUT2D eigenvalue weighted by atomic mass is 35.5. The number of halogens is 2. The van der Waals surface area contributed by atoms with E-state index in [0.717, 1.165) is 6.07 Å². The Bertz CT molecular complexity index is 935. The number of hydrogen-bond donors (Lipinski definition) is 2. The maximum absolute atomic E-state index is 13.0. The lowest BCUT2D eigenvalue weighted by Gasteiger charge is -2.08. The predicted molar refractivity (Wildman–Crippen MR) is 82.4 cm³/mol. The summed E-state index contributed by atoms with van der Waals surface area (Å²) in [6.07, 6.45) is 0. The van der Waals surface area contributed by atoms with Gasteiger partial charge in [-0.05, 0) is 30.3 Å². The molecule has 0 aliphatic carbocycles. The molecule has 0 saturated heterocycles. The van der Waals surface area contributed by atoms with E-state index in [4.69, 9.17) is 20.8 Å². The summed E-state index contributed by atoms with van der Waals surface area (Å²) in [5.41, 5.74) is 1.34. The van der Waals surface area contributed by atoms with Gasteiger partial charge >= 0.3 is 5.76 Å². The number of hydrogen-bond acceptors (Lipinski definition) is 4. The van der Waals surface area contributed by atoms with Crippen molar-refractivity contribution in [3.8, 4) is 5.75 Å². The third-order valence-corrected chi connectivity index (χ3v) is 3.25. The molecular formula is C15H10ClFN2O4. The largest absolute Gasteiger partial charge is 0.484 e. The van der Waals surface area contributed by atoms with Crippen LogP contribution in [-0.2, 0) is 4.79 Å². The van der Waals surface area contributed by atoms with Crippen molar-refractivity contribution >= 4 is 34.3 Å². The van der Waals surface area contributed by atoms with Crippen molar-refractivity contribution in [3.05, 3.63) is 57.8 Å². The first-order chi connectivity index (χ1) is 11.0. The van der Waals surface area contributed by atoms with E-state index in [0.29, 0.717) is 16.8 Å². The van der Waals surface area contributed by atoms with Crippen molar-refractivity contribution in [2.75, 3.05) is 11.9 Å². The van der Waals surface area contributed by atoms with Gasteiger partial charge in [-0.15, -0.1) is 0 Å². The van der Waals surface area contributed by atoms with Crippen molar-refractivity contribution in [2.24, 2.45) is 0 Å². The van der Waals surface area contributed by atoms with Gasteiger partial charge in [0.25, 0.3) is 5.91 Å². The number of rotatable bonds is 4. The minimum atomic E-state index is -0.569. The van der Waals surface area contributed by atoms with Crippen molar-refractivity contribution < 1.29 is 18.3 Å². The van der Waals surface area contributed by atoms with E-state index in [2.05, 4.69) is 10.3 Å². The van der Waals surface area contributed by atoms with E-state index in [1.54, 1.807) is 18.2 Å². The molecule has 0 atom stereocenters. The first kappa shape index (κ1) is 15.1. The van der Waals surface area contributed by atoms with Crippen molar-refractivity contribution in [1.29, 1.82) is 0 Å². The lowest BCUT2D eigenvalue weighted by Crippen LogP contribution is -2.20. The predicted octanol–water partition coefficient (Wildman–Crippen LogP) is 2.93. The molecule has 2 N–H and O–H groups in total. The van der Waals surface area contributed by atoms with E-state index in [1.807, 2.05) is 0 Å². The summed E-state index contributed by atoms with van der Waals surface area (Å²) in [6, 6.07) is 8.52. The van der Waals surface area contributed by atoms with Crippen LogP contribution >= 0.6 is 11.6 Å². The number of ether oxygens (including phenoxy) is 1. The summed E-state index contributed by atoms with van der Waals surface area (Å²) >= 11 is 5.62. The van der Waals surface area contributed by atoms with Crippen LogP contribution in [0, 0.1) is 5.82 Å². The summed E-state index contributed by atoms with van der Waals surface area (Å²) in [6.45, 7) is -0.276. The van der Waals surface area contributed by atoms with E-state index < -0.39 is 17.5 Å². The van der Waals surface area contributed by atoms with E-state index in [9.17, 15) is 14.0 Å². The first-order valence-electron chi connectivity index (χ1n) is 6.52. The molecule has 1 amide bonds. The zero-order valence-electron chi connectivity index (χ0n) is 11.6. The smallest absolute Gasteiger partial charge is 0.417 e. The highest BCUT2D eigenvalue weighted by Crippen LogP contribution is 2.21. The quantitative estimate of drug-likeness (QED) is 0.767. The molecule has 0 fully saturated rings. The maximum atomic E-state index is 13.0. The van der Waals surface area contributed by atoms with Gasteiger partial charge in [0.2, 0.25) is 0 Å². The molecule has 0 aliphatic heterocycles. The standard InChI is InChI=1S/C15H10ClFN2O4/c16-10-6-9(2-3-11(10)17)22-7-14(20)18-8-1-4-13-12(5-8)19-15(21)23-13/h1-6H,7H2,(H,18,20)(H,19,21). The molecule has 3 aromatic rings. The maximum Gasteiger partial charge on any atom is 0.417 e. The van der Waals surface area contributed by atoms with Gasteiger partial charge in [-0.3, -0.25) is 9.78 Å². The summed E-state index contributed by atoms with van der Waals surface area (Å²) in [7, 11) is 0. The molecule has 2 aromatic carbocycles. The van der Waals surface area contributed by atoms with Gasteiger partial charge in [-0.2, -0.15) is 0 Å². The van der Waals surface area contributed by atoms with Crippen LogP contribution < -0.4 is 15.8 Å². The van der Waals surface area contributed by atoms with Gasteiger partial charge in [0.05, 0.1) is 10.5 Å². The van der Waals surface area contributed by atoms with Gasteiger partial charge in [0.15, 0.2) is 12.2 Å². The monoisotopic (exact) mass is 336 g/mol. The molecule has 0 saturated carbocycles. The average Bonchev–Trinajstić information content (AvgIpc) is 2.88. The number of H-pyrrole nitrogens is 1. The molecule has 6 nitrogen and oxygen atoms in total. The Balaban J connectivity index is 1.63. The molecule has 23 heavy (non-hydrogen) atoms. The number of fused-ring (bicyclic) bond motifs is 1. The van der Waals surface area contributed by atoms with Crippen LogP contribution in [0.5, 0.6) is 5.75 Å². The second-order valence-electron chi connectivity index (χ2n) is 4.64. The molecule has 1 aromatic heterocycles. The highest BCUT2D eigenvalue weighted by molar-refractivity contribution is 6.30. The normalized spacial score (nSPS) is 10.7. The van der Waals surface area contributed by atoms with Crippen LogP contribution in [0.2, 0.25) is 5.02 Å². The minimum Gasteiger partial charge on any atom is -0.484 e. The van der Waals surface area contributed by atoms with Crippen LogP contribution in [-0.4, -0.2) is 17.5 Å². The number of aromatic amines is 1. The number of aromatic nitrogens is 1. The molecule has 3 rings (SSSR count). The SMILES string of the molecule is O=C(COc1ccc(F)c(Cl)c1)Nc1ccc2oc(=O)[nH]c2c1. The molecular weight excluding hydrogens is 327 g/mol. The Morgan fingerprint density at radius 2 is 2.13 bits per heavy atom. The highest BCUT2D eigenvalue weighted by Gasteiger charge is 2.08. The Hall–Kier alpha value is -2.80. The van der Waals surface area contributed by atoms with Crippen molar-refractivity contribution in [3.63, 3.8) is 0 Å². The third-order valence-electron chi connectivity index (χ3n) is 2.96. The van der Waals surface area contributed by atoms with Gasteiger partial charge in [0.1, 0.15) is 11.6 Å². The number of anilines is 1. The Morgan fingerprint density at radius 1 is 1.30 bits per heavy atom. The molecule has 0 aliphatic rings. The molecule has 0 bridgehead atoms. The van der Waals surface area contributed by atoms with Crippen LogP contribution in [0.1, 0.15) is 0 Å².